The molecule has 0 heterocycles. The molecule has 0 aliphatic heterocycles. The fourth-order valence-electron chi connectivity index (χ4n) is 5.33. The molecule has 1 fully saturated rings. The van der Waals surface area contributed by atoms with Crippen LogP contribution in [-0.2, 0) is 20.7 Å². The number of aliphatic hydroxyl groups excluding tert-OH is 2. The maximum atomic E-state index is 11.9. The van der Waals surface area contributed by atoms with E-state index in [1.54, 1.807) is 0 Å². The Balaban J connectivity index is 1.38. The molecule has 1 saturated carbocycles. The Labute approximate surface area is 203 Å². The summed E-state index contributed by atoms with van der Waals surface area (Å²) in [4.78, 5) is 22.9. The van der Waals surface area contributed by atoms with E-state index in [-0.39, 0.29) is 30.3 Å². The van der Waals surface area contributed by atoms with Crippen LogP contribution in [0.1, 0.15) is 56.1 Å². The SMILES string of the molecule is COC(=O)CCNC(=O)CCCCC1=C[C@H]2C[C@@H](O)[C@H](C=C[C@@H](O)Cc3cccc(C)c3)[C@H]2C1. The molecule has 1 amide bonds. The van der Waals surface area contributed by atoms with Crippen molar-refractivity contribution in [3.8, 4) is 0 Å². The van der Waals surface area contributed by atoms with Crippen molar-refractivity contribution in [1.82, 2.24) is 5.32 Å². The number of ether oxygens (including phenoxy) is 1. The maximum absolute atomic E-state index is 11.9. The van der Waals surface area contributed by atoms with Gasteiger partial charge in [0.05, 0.1) is 25.7 Å². The first-order valence-corrected chi connectivity index (χ1v) is 12.5. The molecule has 2 aliphatic carbocycles. The maximum Gasteiger partial charge on any atom is 0.307 e. The minimum absolute atomic E-state index is 0.0290. The molecule has 1 aromatic rings. The average Bonchev–Trinajstić information content (AvgIpc) is 3.31. The molecule has 3 N–H and O–H groups in total. The third kappa shape index (κ3) is 7.81. The summed E-state index contributed by atoms with van der Waals surface area (Å²) in [6.45, 7) is 2.37. The van der Waals surface area contributed by atoms with Crippen LogP contribution in [-0.4, -0.2) is 48.0 Å². The Kier molecular flexibility index (Phi) is 9.90. The van der Waals surface area contributed by atoms with E-state index in [1.165, 1.54) is 18.2 Å². The lowest BCUT2D eigenvalue weighted by Gasteiger charge is -2.19. The van der Waals surface area contributed by atoms with Crippen LogP contribution in [0.4, 0.5) is 0 Å². The number of amides is 1. The van der Waals surface area contributed by atoms with Gasteiger partial charge in [-0.25, -0.2) is 0 Å². The number of unbranched alkanes of at least 4 members (excludes halogenated alkanes) is 1. The molecule has 6 heteroatoms. The van der Waals surface area contributed by atoms with E-state index in [4.69, 9.17) is 0 Å². The monoisotopic (exact) mass is 469 g/mol. The molecular formula is C28H39NO5. The zero-order chi connectivity index (χ0) is 24.5. The van der Waals surface area contributed by atoms with E-state index >= 15 is 0 Å². The first-order valence-electron chi connectivity index (χ1n) is 12.5. The van der Waals surface area contributed by atoms with Crippen LogP contribution in [0.15, 0.2) is 48.1 Å². The van der Waals surface area contributed by atoms with Gasteiger partial charge in [0, 0.05) is 25.3 Å². The van der Waals surface area contributed by atoms with Crippen LogP contribution in [0.3, 0.4) is 0 Å². The fourth-order valence-corrected chi connectivity index (χ4v) is 5.33. The van der Waals surface area contributed by atoms with Crippen molar-refractivity contribution in [3.05, 3.63) is 59.2 Å². The summed E-state index contributed by atoms with van der Waals surface area (Å²) in [6, 6.07) is 8.18. The molecule has 2 aliphatic rings. The molecule has 186 valence electrons. The van der Waals surface area contributed by atoms with Gasteiger partial charge in [-0.15, -0.1) is 0 Å². The van der Waals surface area contributed by atoms with Gasteiger partial charge in [-0.1, -0.05) is 53.6 Å². The number of aliphatic hydroxyl groups is 2. The Morgan fingerprint density at radius 2 is 2.09 bits per heavy atom. The number of carbonyl (C=O) groups is 2. The summed E-state index contributed by atoms with van der Waals surface area (Å²) in [5, 5.41) is 23.8. The number of esters is 1. The smallest absolute Gasteiger partial charge is 0.307 e. The lowest BCUT2D eigenvalue weighted by molar-refractivity contribution is -0.140. The Bertz CT molecular complexity index is 893. The Morgan fingerprint density at radius 3 is 2.85 bits per heavy atom. The van der Waals surface area contributed by atoms with Crippen LogP contribution in [0.5, 0.6) is 0 Å². The highest BCUT2D eigenvalue weighted by atomic mass is 16.5. The van der Waals surface area contributed by atoms with E-state index in [1.807, 2.05) is 37.3 Å². The number of allylic oxidation sites excluding steroid dienone is 2. The predicted octanol–water partition coefficient (Wildman–Crippen LogP) is 3.64. The van der Waals surface area contributed by atoms with E-state index in [9.17, 15) is 19.8 Å². The van der Waals surface area contributed by atoms with E-state index < -0.39 is 6.10 Å². The van der Waals surface area contributed by atoms with Gasteiger partial charge in [-0.2, -0.15) is 0 Å². The van der Waals surface area contributed by atoms with Crippen LogP contribution in [0.25, 0.3) is 0 Å². The van der Waals surface area contributed by atoms with Crippen molar-refractivity contribution >= 4 is 11.9 Å². The fraction of sp³-hybridized carbons (Fsp3) is 0.571. The van der Waals surface area contributed by atoms with Gasteiger partial charge < -0.3 is 20.3 Å². The zero-order valence-electron chi connectivity index (χ0n) is 20.4. The van der Waals surface area contributed by atoms with Gasteiger partial charge >= 0.3 is 5.97 Å². The number of hydrogen-bond acceptors (Lipinski definition) is 5. The second-order valence-electron chi connectivity index (χ2n) is 9.77. The molecule has 0 bridgehead atoms. The quantitative estimate of drug-likeness (QED) is 0.247. The van der Waals surface area contributed by atoms with Crippen molar-refractivity contribution in [2.24, 2.45) is 17.8 Å². The number of fused-ring (bicyclic) bond motifs is 1. The second-order valence-corrected chi connectivity index (χ2v) is 9.77. The van der Waals surface area contributed by atoms with E-state index in [0.29, 0.717) is 31.2 Å². The summed E-state index contributed by atoms with van der Waals surface area (Å²) in [5.41, 5.74) is 3.72. The standard InChI is InChI=1S/C28H39NO5/c1-19-6-5-8-20(14-19)16-23(30)10-11-24-25-17-21(15-22(25)18-26(24)31)7-3-4-9-27(32)29-13-12-28(33)34-2/h5-6,8,10-11,14-15,22-26,30-31H,3-4,7,9,12-13,16-18H2,1-2H3,(H,29,32)/t22-,23+,24+,25-,26+/m0/s1. The van der Waals surface area contributed by atoms with Crippen molar-refractivity contribution in [1.29, 1.82) is 0 Å². The summed E-state index contributed by atoms with van der Waals surface area (Å²) >= 11 is 0. The number of methoxy groups -OCH3 is 1. The molecule has 0 radical (unpaired) electrons. The van der Waals surface area contributed by atoms with Crippen LogP contribution < -0.4 is 5.32 Å². The van der Waals surface area contributed by atoms with Gasteiger partial charge in [0.1, 0.15) is 0 Å². The molecule has 0 spiro atoms. The predicted molar refractivity (Wildman–Crippen MR) is 132 cm³/mol. The van der Waals surface area contributed by atoms with E-state index in [0.717, 1.165) is 37.7 Å². The lowest BCUT2D eigenvalue weighted by Crippen LogP contribution is -2.25. The molecule has 0 saturated heterocycles. The topological polar surface area (TPSA) is 95.9 Å². The number of aryl methyl sites for hydroxylation is 1. The number of carbonyl (C=O) groups excluding carboxylic acids is 2. The molecule has 1 aromatic carbocycles. The Hall–Kier alpha value is -2.44. The second kappa shape index (κ2) is 12.9. The van der Waals surface area contributed by atoms with Crippen LogP contribution in [0.2, 0.25) is 0 Å². The zero-order valence-corrected chi connectivity index (χ0v) is 20.4. The highest BCUT2D eigenvalue weighted by molar-refractivity contribution is 5.76. The van der Waals surface area contributed by atoms with Gasteiger partial charge in [0.25, 0.3) is 0 Å². The average molecular weight is 470 g/mol. The minimum Gasteiger partial charge on any atom is -0.469 e. The first-order chi connectivity index (χ1) is 16.4. The van der Waals surface area contributed by atoms with Crippen LogP contribution in [0, 0.1) is 24.7 Å². The highest BCUT2D eigenvalue weighted by Crippen LogP contribution is 2.48. The van der Waals surface area contributed by atoms with E-state index in [2.05, 4.69) is 22.2 Å². The molecule has 6 nitrogen and oxygen atoms in total. The van der Waals surface area contributed by atoms with Crippen molar-refractivity contribution in [2.75, 3.05) is 13.7 Å². The molecule has 34 heavy (non-hydrogen) atoms. The largest absolute Gasteiger partial charge is 0.469 e. The van der Waals surface area contributed by atoms with Crippen molar-refractivity contribution in [2.45, 2.75) is 70.5 Å². The molecule has 0 aromatic heterocycles. The number of nitrogens with one attached hydrogen (secondary N) is 1. The van der Waals surface area contributed by atoms with Crippen molar-refractivity contribution in [3.63, 3.8) is 0 Å². The molecule has 3 rings (SSSR count). The van der Waals surface area contributed by atoms with Crippen LogP contribution >= 0.6 is 0 Å². The summed E-state index contributed by atoms with van der Waals surface area (Å²) < 4.78 is 4.56. The highest BCUT2D eigenvalue weighted by Gasteiger charge is 2.43. The first kappa shape index (κ1) is 26.2. The lowest BCUT2D eigenvalue weighted by atomic mass is 9.88. The van der Waals surface area contributed by atoms with Gasteiger partial charge in [0.2, 0.25) is 5.91 Å². The third-order valence-corrected chi connectivity index (χ3v) is 7.06. The summed E-state index contributed by atoms with van der Waals surface area (Å²) in [5.74, 6) is 0.521. The third-order valence-electron chi connectivity index (χ3n) is 7.06. The van der Waals surface area contributed by atoms with Gasteiger partial charge in [-0.3, -0.25) is 9.59 Å². The normalized spacial score (nSPS) is 24.6. The van der Waals surface area contributed by atoms with Gasteiger partial charge in [-0.05, 0) is 56.4 Å². The Morgan fingerprint density at radius 1 is 1.26 bits per heavy atom. The van der Waals surface area contributed by atoms with Crippen molar-refractivity contribution < 1.29 is 24.5 Å². The minimum atomic E-state index is -0.555. The molecule has 5 atom stereocenters. The number of benzene rings is 1. The molecule has 0 unspecified atom stereocenters. The number of hydrogen-bond donors (Lipinski definition) is 3. The summed E-state index contributed by atoms with van der Waals surface area (Å²) in [6.07, 6.45) is 11.1. The number of rotatable bonds is 12. The van der Waals surface area contributed by atoms with Gasteiger partial charge in [0.15, 0.2) is 0 Å². The summed E-state index contributed by atoms with van der Waals surface area (Å²) in [7, 11) is 1.34. The molecular weight excluding hydrogens is 430 g/mol.